The number of quaternary nitrogens is 1. The van der Waals surface area contributed by atoms with Gasteiger partial charge in [0, 0.05) is 12.1 Å². The van der Waals surface area contributed by atoms with Gasteiger partial charge >= 0.3 is 0 Å². The smallest absolute Gasteiger partial charge is 0.173 e. The molecule has 2 aliphatic heterocycles. The quantitative estimate of drug-likeness (QED) is 0.740. The van der Waals surface area contributed by atoms with Gasteiger partial charge in [-0.15, -0.1) is 0 Å². The van der Waals surface area contributed by atoms with E-state index < -0.39 is 9.84 Å². The van der Waals surface area contributed by atoms with Crippen molar-refractivity contribution in [3.8, 4) is 0 Å². The third-order valence-electron chi connectivity index (χ3n) is 4.98. The molecule has 7 heteroatoms. The lowest BCUT2D eigenvalue weighted by atomic mass is 10.1. The van der Waals surface area contributed by atoms with Crippen LogP contribution in [0.4, 0.5) is 5.69 Å². The fourth-order valence-electron chi connectivity index (χ4n) is 3.77. The summed E-state index contributed by atoms with van der Waals surface area (Å²) in [5, 5.41) is 4.11. The van der Waals surface area contributed by atoms with Crippen molar-refractivity contribution in [1.82, 2.24) is 4.90 Å². The van der Waals surface area contributed by atoms with Crippen molar-refractivity contribution in [2.75, 3.05) is 43.0 Å². The number of nitrogens with zero attached hydrogens (tertiary/aromatic N) is 1. The monoisotopic (exact) mass is 368 g/mol. The zero-order valence-electron chi connectivity index (χ0n) is 14.3. The number of benzene rings is 1. The van der Waals surface area contributed by atoms with Crippen molar-refractivity contribution >= 4 is 32.9 Å². The second-order valence-corrected chi connectivity index (χ2v) is 9.67. The molecule has 3 rings (SSSR count). The van der Waals surface area contributed by atoms with Crippen molar-refractivity contribution in [2.45, 2.75) is 26.3 Å². The molecule has 0 bridgehead atoms. The highest BCUT2D eigenvalue weighted by Gasteiger charge is 2.37. The summed E-state index contributed by atoms with van der Waals surface area (Å²) in [5.74, 6) is 0.713. The minimum Gasteiger partial charge on any atom is -0.338 e. The molecule has 1 atom stereocenters. The van der Waals surface area contributed by atoms with E-state index in [0.29, 0.717) is 11.5 Å². The zero-order chi connectivity index (χ0) is 17.3. The van der Waals surface area contributed by atoms with E-state index in [1.807, 2.05) is 0 Å². The first-order valence-corrected chi connectivity index (χ1v) is 10.7. The molecule has 0 amide bonds. The Balaban J connectivity index is 1.53. The minimum absolute atomic E-state index is 0.276. The van der Waals surface area contributed by atoms with Gasteiger partial charge in [-0.1, -0.05) is 6.07 Å². The predicted octanol–water partition coefficient (Wildman–Crippen LogP) is 0.388. The molecule has 1 aromatic rings. The normalized spacial score (nSPS) is 24.1. The second-order valence-electron chi connectivity index (χ2n) is 7.05. The maximum atomic E-state index is 11.7. The van der Waals surface area contributed by atoms with E-state index >= 15 is 0 Å². The van der Waals surface area contributed by atoms with E-state index in [-0.39, 0.29) is 6.04 Å². The number of sulfone groups is 1. The van der Waals surface area contributed by atoms with Gasteiger partial charge in [0.1, 0.15) is 11.8 Å². The molecule has 24 heavy (non-hydrogen) atoms. The van der Waals surface area contributed by atoms with Crippen LogP contribution in [-0.2, 0) is 9.84 Å². The Morgan fingerprint density at radius 2 is 1.83 bits per heavy atom. The molecule has 5 nitrogen and oxygen atoms in total. The van der Waals surface area contributed by atoms with Crippen LogP contribution in [-0.4, -0.2) is 62.2 Å². The highest BCUT2D eigenvalue weighted by atomic mass is 32.2. The average Bonchev–Trinajstić information content (AvgIpc) is 2.86. The molecule has 2 aliphatic rings. The molecule has 0 saturated carbocycles. The number of thiocarbonyl (C=S) groups is 1. The molecule has 2 N–H and O–H groups in total. The van der Waals surface area contributed by atoms with Crippen LogP contribution in [0.25, 0.3) is 0 Å². The van der Waals surface area contributed by atoms with Crippen LogP contribution in [0.3, 0.4) is 0 Å². The Morgan fingerprint density at radius 1 is 1.21 bits per heavy atom. The van der Waals surface area contributed by atoms with Crippen LogP contribution in [0.2, 0.25) is 0 Å². The second kappa shape index (κ2) is 6.98. The third kappa shape index (κ3) is 4.26. The average molecular weight is 369 g/mol. The van der Waals surface area contributed by atoms with Gasteiger partial charge in [-0.05, 0) is 49.3 Å². The summed E-state index contributed by atoms with van der Waals surface area (Å²) in [4.78, 5) is 3.61. The Kier molecular flexibility index (Phi) is 5.13. The Hall–Kier alpha value is -1.18. The fourth-order valence-corrected chi connectivity index (χ4v) is 5.90. The first kappa shape index (κ1) is 17.6. The van der Waals surface area contributed by atoms with E-state index in [0.717, 1.165) is 43.4 Å². The lowest BCUT2D eigenvalue weighted by Crippen LogP contribution is -3.18. The van der Waals surface area contributed by atoms with E-state index in [4.69, 9.17) is 12.2 Å². The van der Waals surface area contributed by atoms with Gasteiger partial charge in [0.25, 0.3) is 0 Å². The maximum absolute atomic E-state index is 11.7. The molecule has 0 aliphatic carbocycles. The summed E-state index contributed by atoms with van der Waals surface area (Å²) >= 11 is 5.56. The zero-order valence-corrected chi connectivity index (χ0v) is 16.0. The van der Waals surface area contributed by atoms with Crippen molar-refractivity contribution in [1.29, 1.82) is 0 Å². The van der Waals surface area contributed by atoms with Crippen LogP contribution < -0.4 is 10.2 Å². The summed E-state index contributed by atoms with van der Waals surface area (Å²) in [6, 6.07) is 6.62. The highest BCUT2D eigenvalue weighted by Crippen LogP contribution is 2.15. The van der Waals surface area contributed by atoms with Gasteiger partial charge in [0.15, 0.2) is 14.9 Å². The first-order valence-electron chi connectivity index (χ1n) is 8.52. The molecule has 0 radical (unpaired) electrons. The largest absolute Gasteiger partial charge is 0.338 e. The summed E-state index contributed by atoms with van der Waals surface area (Å²) in [5.41, 5.74) is 3.48. The summed E-state index contributed by atoms with van der Waals surface area (Å²) in [7, 11) is -2.80. The van der Waals surface area contributed by atoms with Gasteiger partial charge in [-0.2, -0.15) is 0 Å². The first-order chi connectivity index (χ1) is 11.3. The fraction of sp³-hybridized carbons (Fsp3) is 0.588. The van der Waals surface area contributed by atoms with E-state index in [1.165, 1.54) is 16.0 Å². The molecule has 2 saturated heterocycles. The molecule has 2 fully saturated rings. The predicted molar refractivity (Wildman–Crippen MR) is 101 cm³/mol. The molecule has 132 valence electrons. The maximum Gasteiger partial charge on any atom is 0.173 e. The summed E-state index contributed by atoms with van der Waals surface area (Å²) in [6.07, 6.45) is 0.808. The van der Waals surface area contributed by atoms with E-state index in [2.05, 4.69) is 42.3 Å². The number of hydrogen-bond acceptors (Lipinski definition) is 3. The molecular weight excluding hydrogens is 342 g/mol. The molecule has 2 heterocycles. The van der Waals surface area contributed by atoms with Crippen molar-refractivity contribution in [2.24, 2.45) is 0 Å². The molecule has 0 unspecified atom stereocenters. The van der Waals surface area contributed by atoms with Gasteiger partial charge in [0.2, 0.25) is 0 Å². The van der Waals surface area contributed by atoms with Gasteiger partial charge in [-0.3, -0.25) is 0 Å². The van der Waals surface area contributed by atoms with Gasteiger partial charge < -0.3 is 15.1 Å². The molecular formula is C17H26N3O2S2+. The van der Waals surface area contributed by atoms with Crippen LogP contribution in [0, 0.1) is 13.8 Å². The molecule has 0 spiro atoms. The lowest BCUT2D eigenvalue weighted by Gasteiger charge is -2.36. The van der Waals surface area contributed by atoms with Crippen LogP contribution in [0.15, 0.2) is 18.2 Å². The molecule has 0 aromatic heterocycles. The van der Waals surface area contributed by atoms with Gasteiger partial charge in [-0.25, -0.2) is 8.42 Å². The number of aryl methyl sites for hydroxylation is 2. The number of hydrogen-bond donors (Lipinski definition) is 2. The Labute approximate surface area is 149 Å². The molecule has 1 aromatic carbocycles. The lowest BCUT2D eigenvalue weighted by molar-refractivity contribution is -0.925. The van der Waals surface area contributed by atoms with Crippen LogP contribution in [0.1, 0.15) is 17.5 Å². The highest BCUT2D eigenvalue weighted by molar-refractivity contribution is 7.91. The Bertz CT molecular complexity index is 705. The number of piperazine rings is 1. The SMILES string of the molecule is Cc1cc(C)cc(NC(=S)N2CC[NH+]([C@@H]3CCS(=O)(=O)C3)CC2)c1. The summed E-state index contributed by atoms with van der Waals surface area (Å²) < 4.78 is 23.3. The van der Waals surface area contributed by atoms with Crippen molar-refractivity contribution in [3.05, 3.63) is 29.3 Å². The standard InChI is InChI=1S/C17H25N3O2S2/c1-13-9-14(2)11-15(10-13)18-17(23)20-6-4-19(5-7-20)16-3-8-24(21,22)12-16/h9-11,16H,3-8,12H2,1-2H3,(H,18,23)/p+1/t16-/m1/s1. The third-order valence-corrected chi connectivity index (χ3v) is 7.10. The summed E-state index contributed by atoms with van der Waals surface area (Å²) in [6.45, 7) is 7.83. The topological polar surface area (TPSA) is 53.9 Å². The number of nitrogens with one attached hydrogen (secondary N) is 2. The van der Waals surface area contributed by atoms with Gasteiger partial charge in [0.05, 0.1) is 31.9 Å². The van der Waals surface area contributed by atoms with Crippen molar-refractivity contribution in [3.63, 3.8) is 0 Å². The Morgan fingerprint density at radius 3 is 2.38 bits per heavy atom. The van der Waals surface area contributed by atoms with Crippen LogP contribution in [0.5, 0.6) is 0 Å². The van der Waals surface area contributed by atoms with Crippen LogP contribution >= 0.6 is 12.2 Å². The van der Waals surface area contributed by atoms with E-state index in [1.54, 1.807) is 0 Å². The number of anilines is 1. The number of rotatable bonds is 2. The minimum atomic E-state index is -2.80. The van der Waals surface area contributed by atoms with Crippen molar-refractivity contribution < 1.29 is 13.3 Å². The van der Waals surface area contributed by atoms with E-state index in [9.17, 15) is 8.42 Å².